The van der Waals surface area contributed by atoms with Gasteiger partial charge in [-0.1, -0.05) is 44.9 Å². The van der Waals surface area contributed by atoms with E-state index in [1.807, 2.05) is 0 Å². The summed E-state index contributed by atoms with van der Waals surface area (Å²) in [4.78, 5) is 15.5. The summed E-state index contributed by atoms with van der Waals surface area (Å²) < 4.78 is 0. The van der Waals surface area contributed by atoms with Gasteiger partial charge in [-0.15, -0.1) is 0 Å². The van der Waals surface area contributed by atoms with Gasteiger partial charge in [-0.05, 0) is 51.4 Å². The van der Waals surface area contributed by atoms with E-state index in [9.17, 15) is 4.79 Å². The van der Waals surface area contributed by atoms with E-state index in [1.54, 1.807) is 0 Å². The summed E-state index contributed by atoms with van der Waals surface area (Å²) >= 11 is 0. The fraction of sp³-hybridized carbons (Fsp3) is 0.950. The summed E-state index contributed by atoms with van der Waals surface area (Å²) in [5.41, 5.74) is 0. The average molecular weight is 322 g/mol. The van der Waals surface area contributed by atoms with Gasteiger partial charge >= 0.3 is 0 Å². The number of rotatable bonds is 5. The first-order valence-corrected chi connectivity index (χ1v) is 10.5. The summed E-state index contributed by atoms with van der Waals surface area (Å²) in [5.74, 6) is 0.453. The minimum Gasteiger partial charge on any atom is -0.336 e. The van der Waals surface area contributed by atoms with Crippen LogP contribution in [0.25, 0.3) is 0 Å². The molecule has 0 spiro atoms. The third-order valence-electron chi connectivity index (χ3n) is 6.50. The Labute approximate surface area is 142 Å². The molecule has 3 aliphatic carbocycles. The van der Waals surface area contributed by atoms with Crippen LogP contribution in [0, 0.1) is 0 Å². The predicted molar refractivity (Wildman–Crippen MR) is 94.3 cm³/mol. The normalized spacial score (nSPS) is 25.4. The number of hydrogen-bond donors (Lipinski definition) is 1. The number of nitrogens with zero attached hydrogens (tertiary/aromatic N) is 1. The molecule has 3 fully saturated rings. The van der Waals surface area contributed by atoms with Crippen LogP contribution in [0.2, 0.25) is 0 Å². The maximum absolute atomic E-state index is 13.1. The van der Waals surface area contributed by atoms with Crippen LogP contribution in [0.1, 0.15) is 96.3 Å². The minimum absolute atomic E-state index is 0.453. The van der Waals surface area contributed by atoms with Crippen LogP contribution in [0.15, 0.2) is 0 Å². The largest absolute Gasteiger partial charge is 0.336 e. The van der Waals surface area contributed by atoms with Crippen molar-refractivity contribution in [2.24, 2.45) is 0 Å². The molecule has 3 nitrogen and oxygen atoms in total. The fourth-order valence-electron chi connectivity index (χ4n) is 5.17. The Bertz CT molecular complexity index is 335. The van der Waals surface area contributed by atoms with Gasteiger partial charge in [-0.3, -0.25) is 4.79 Å². The summed E-state index contributed by atoms with van der Waals surface area (Å²) in [6, 6.07) is 1.82. The number of carbonyl (C=O) groups excluding carboxylic acids is 1. The van der Waals surface area contributed by atoms with Gasteiger partial charge in [0.25, 0.3) is 5.91 Å². The van der Waals surface area contributed by atoms with Crippen molar-refractivity contribution < 1.29 is 10.1 Å². The van der Waals surface area contributed by atoms with Crippen LogP contribution in [0.5, 0.6) is 0 Å². The number of quaternary nitrogens is 1. The van der Waals surface area contributed by atoms with Gasteiger partial charge in [0, 0.05) is 12.1 Å². The van der Waals surface area contributed by atoms with Crippen molar-refractivity contribution in [3.63, 3.8) is 0 Å². The highest BCUT2D eigenvalue weighted by Gasteiger charge is 2.33. The molecule has 0 heterocycles. The molecule has 0 aromatic carbocycles. The summed E-state index contributed by atoms with van der Waals surface area (Å²) in [6.45, 7) is 0.706. The summed E-state index contributed by atoms with van der Waals surface area (Å²) in [5, 5.41) is 2.38. The van der Waals surface area contributed by atoms with Crippen LogP contribution in [-0.4, -0.2) is 35.5 Å². The van der Waals surface area contributed by atoms with E-state index in [-0.39, 0.29) is 0 Å². The van der Waals surface area contributed by atoms with Crippen molar-refractivity contribution in [3.05, 3.63) is 0 Å². The van der Waals surface area contributed by atoms with Crippen LogP contribution >= 0.6 is 0 Å². The Hall–Kier alpha value is -0.570. The van der Waals surface area contributed by atoms with Crippen LogP contribution in [0.4, 0.5) is 0 Å². The standard InChI is InChI=1S/C20H36N2O/c23-20(16-21-17-10-4-1-5-11-17)22(18-12-6-2-7-13-18)19-14-8-3-9-15-19/h17-19,21H,1-16H2/p+1. The van der Waals surface area contributed by atoms with Crippen LogP contribution in [-0.2, 0) is 4.79 Å². The number of nitrogens with two attached hydrogens (primary N) is 1. The van der Waals surface area contributed by atoms with Crippen LogP contribution < -0.4 is 5.32 Å². The Morgan fingerprint density at radius 2 is 1.13 bits per heavy atom. The maximum atomic E-state index is 13.1. The van der Waals surface area contributed by atoms with Gasteiger partial charge in [0.2, 0.25) is 0 Å². The lowest BCUT2D eigenvalue weighted by atomic mass is 9.88. The molecule has 2 N–H and O–H groups in total. The van der Waals surface area contributed by atoms with Gasteiger partial charge in [-0.2, -0.15) is 0 Å². The zero-order valence-electron chi connectivity index (χ0n) is 15.0. The van der Waals surface area contributed by atoms with E-state index in [4.69, 9.17) is 0 Å². The lowest BCUT2D eigenvalue weighted by Crippen LogP contribution is -2.92. The highest BCUT2D eigenvalue weighted by atomic mass is 16.2. The number of hydrogen-bond acceptors (Lipinski definition) is 1. The quantitative estimate of drug-likeness (QED) is 0.828. The molecular formula is C20H37N2O+. The van der Waals surface area contributed by atoms with E-state index in [1.165, 1.54) is 96.3 Å². The molecule has 0 atom stereocenters. The Kier molecular flexibility index (Phi) is 6.79. The molecule has 0 aromatic rings. The molecule has 0 saturated heterocycles. The van der Waals surface area contributed by atoms with Crippen molar-refractivity contribution in [2.75, 3.05) is 6.54 Å². The monoisotopic (exact) mass is 321 g/mol. The van der Waals surface area contributed by atoms with Crippen molar-refractivity contribution in [1.82, 2.24) is 4.90 Å². The number of amides is 1. The van der Waals surface area contributed by atoms with Crippen molar-refractivity contribution in [3.8, 4) is 0 Å². The predicted octanol–water partition coefficient (Wildman–Crippen LogP) is 3.38. The minimum atomic E-state index is 0.453. The van der Waals surface area contributed by atoms with Gasteiger partial charge in [0.1, 0.15) is 0 Å². The third kappa shape index (κ3) is 4.95. The molecule has 3 rings (SSSR count). The maximum Gasteiger partial charge on any atom is 0.278 e. The number of carbonyl (C=O) groups is 1. The van der Waals surface area contributed by atoms with Gasteiger partial charge in [0.05, 0.1) is 6.04 Å². The molecule has 0 aliphatic heterocycles. The second kappa shape index (κ2) is 9.05. The van der Waals surface area contributed by atoms with E-state index in [0.717, 1.165) is 0 Å². The summed E-state index contributed by atoms with van der Waals surface area (Å²) in [6.07, 6.45) is 19.8. The van der Waals surface area contributed by atoms with Crippen molar-refractivity contribution in [1.29, 1.82) is 0 Å². The first-order chi connectivity index (χ1) is 11.3. The topological polar surface area (TPSA) is 36.9 Å². The summed E-state index contributed by atoms with van der Waals surface area (Å²) in [7, 11) is 0. The highest BCUT2D eigenvalue weighted by Crippen LogP contribution is 2.30. The molecule has 0 aromatic heterocycles. The molecule has 3 aliphatic rings. The lowest BCUT2D eigenvalue weighted by molar-refractivity contribution is -0.682. The zero-order chi connectivity index (χ0) is 15.9. The Morgan fingerprint density at radius 1 is 0.696 bits per heavy atom. The first-order valence-electron chi connectivity index (χ1n) is 10.5. The van der Waals surface area contributed by atoms with Crippen molar-refractivity contribution in [2.45, 2.75) is 114 Å². The molecule has 132 valence electrons. The Morgan fingerprint density at radius 3 is 1.61 bits per heavy atom. The average Bonchev–Trinajstić information content (AvgIpc) is 2.63. The fourth-order valence-corrected chi connectivity index (χ4v) is 5.17. The van der Waals surface area contributed by atoms with Gasteiger partial charge < -0.3 is 10.2 Å². The van der Waals surface area contributed by atoms with Crippen LogP contribution in [0.3, 0.4) is 0 Å². The van der Waals surface area contributed by atoms with Gasteiger partial charge in [0.15, 0.2) is 6.54 Å². The van der Waals surface area contributed by atoms with Crippen molar-refractivity contribution >= 4 is 5.91 Å². The molecule has 0 bridgehead atoms. The third-order valence-corrected chi connectivity index (χ3v) is 6.50. The molecule has 0 radical (unpaired) electrons. The highest BCUT2D eigenvalue weighted by molar-refractivity contribution is 5.77. The zero-order valence-corrected chi connectivity index (χ0v) is 15.0. The Balaban J connectivity index is 1.57. The first kappa shape index (κ1) is 17.3. The molecule has 3 heteroatoms. The smallest absolute Gasteiger partial charge is 0.278 e. The van der Waals surface area contributed by atoms with E-state index >= 15 is 0 Å². The molecular weight excluding hydrogens is 284 g/mol. The lowest BCUT2D eigenvalue weighted by Gasteiger charge is -2.41. The molecule has 3 saturated carbocycles. The second-order valence-electron chi connectivity index (χ2n) is 8.22. The molecule has 0 unspecified atom stereocenters. The SMILES string of the molecule is O=C(C[NH2+]C1CCCCC1)N(C1CCCCC1)C1CCCCC1. The van der Waals surface area contributed by atoms with E-state index in [2.05, 4.69) is 10.2 Å². The second-order valence-corrected chi connectivity index (χ2v) is 8.22. The van der Waals surface area contributed by atoms with E-state index < -0.39 is 0 Å². The van der Waals surface area contributed by atoms with Gasteiger partial charge in [-0.25, -0.2) is 0 Å². The van der Waals surface area contributed by atoms with E-state index in [0.29, 0.717) is 30.6 Å². The molecule has 23 heavy (non-hydrogen) atoms. The molecule has 1 amide bonds.